The van der Waals surface area contributed by atoms with Gasteiger partial charge in [0, 0.05) is 36.1 Å². The maximum atomic E-state index is 12.8. The van der Waals surface area contributed by atoms with Gasteiger partial charge in [0.05, 0.1) is 17.6 Å². The first-order chi connectivity index (χ1) is 14.7. The highest BCUT2D eigenvalue weighted by molar-refractivity contribution is 7.88. The Labute approximate surface area is 184 Å². The maximum Gasteiger partial charge on any atom is 0.254 e. The third-order valence-electron chi connectivity index (χ3n) is 6.16. The van der Waals surface area contributed by atoms with Crippen LogP contribution in [0.4, 0.5) is 11.5 Å². The van der Waals surface area contributed by atoms with Crippen LogP contribution in [0.25, 0.3) is 0 Å². The molecular weight excluding hydrogens is 416 g/mol. The van der Waals surface area contributed by atoms with E-state index in [9.17, 15) is 13.2 Å². The number of rotatable bonds is 8. The van der Waals surface area contributed by atoms with Gasteiger partial charge in [0.2, 0.25) is 10.0 Å². The van der Waals surface area contributed by atoms with Crippen molar-refractivity contribution in [2.45, 2.75) is 75.9 Å². The normalized spacial score (nSPS) is 22.6. The van der Waals surface area contributed by atoms with Crippen LogP contribution in [-0.2, 0) is 10.0 Å². The molecule has 0 aliphatic heterocycles. The maximum absolute atomic E-state index is 12.8. The lowest BCUT2D eigenvalue weighted by atomic mass is 9.92. The molecular formula is C21H34N6O3S. The number of nitrogens with one attached hydrogen (secondary N) is 4. The molecule has 0 atom stereocenters. The van der Waals surface area contributed by atoms with Gasteiger partial charge in [0.15, 0.2) is 0 Å². The smallest absolute Gasteiger partial charge is 0.254 e. The molecule has 1 heterocycles. The fraction of sp³-hybridized carbons (Fsp3) is 0.619. The Kier molecular flexibility index (Phi) is 7.42. The third kappa shape index (κ3) is 6.10. The van der Waals surface area contributed by atoms with E-state index in [4.69, 9.17) is 11.1 Å². The predicted molar refractivity (Wildman–Crippen MR) is 125 cm³/mol. The summed E-state index contributed by atoms with van der Waals surface area (Å²) < 4.78 is 27.3. The molecule has 0 unspecified atom stereocenters. The molecule has 2 saturated carbocycles. The van der Waals surface area contributed by atoms with E-state index in [0.29, 0.717) is 17.2 Å². The van der Waals surface area contributed by atoms with Crippen LogP contribution in [0.3, 0.4) is 0 Å². The first-order valence-corrected chi connectivity index (χ1v) is 12.8. The van der Waals surface area contributed by atoms with Gasteiger partial charge in [-0.2, -0.15) is 0 Å². The van der Waals surface area contributed by atoms with Crippen LogP contribution in [0, 0.1) is 5.41 Å². The molecule has 1 aromatic heterocycles. The van der Waals surface area contributed by atoms with Crippen LogP contribution in [0.15, 0.2) is 23.3 Å². The molecule has 2 aliphatic rings. The van der Waals surface area contributed by atoms with Crippen molar-refractivity contribution >= 4 is 27.7 Å². The standard InChI is InChI=1S/C21H34N6O3S/c1-14(24-15-8-10-16(11-9-15)26-31(2,29)30)25-21-18(13-22)19(23)12-20(28)27(21)17-6-4-3-5-7-17/h12-13,15-17,22,24-26H,1,3-11,23H2,2H3. The van der Waals surface area contributed by atoms with Gasteiger partial charge in [0.1, 0.15) is 5.82 Å². The Morgan fingerprint density at radius 2 is 1.77 bits per heavy atom. The summed E-state index contributed by atoms with van der Waals surface area (Å²) in [5.41, 5.74) is 6.63. The summed E-state index contributed by atoms with van der Waals surface area (Å²) in [5.74, 6) is 1.05. The Morgan fingerprint density at radius 1 is 1.16 bits per heavy atom. The second-order valence-electron chi connectivity index (χ2n) is 8.69. The molecule has 2 aliphatic carbocycles. The van der Waals surface area contributed by atoms with E-state index in [2.05, 4.69) is 21.9 Å². The largest absolute Gasteiger partial charge is 0.398 e. The highest BCUT2D eigenvalue weighted by Gasteiger charge is 2.25. The lowest BCUT2D eigenvalue weighted by Gasteiger charge is -2.32. The summed E-state index contributed by atoms with van der Waals surface area (Å²) in [6.45, 7) is 4.08. The summed E-state index contributed by atoms with van der Waals surface area (Å²) in [6, 6.07) is 1.58. The molecule has 31 heavy (non-hydrogen) atoms. The van der Waals surface area contributed by atoms with Crippen molar-refractivity contribution in [1.82, 2.24) is 14.6 Å². The fourth-order valence-corrected chi connectivity index (χ4v) is 5.56. The molecule has 0 radical (unpaired) electrons. The zero-order valence-electron chi connectivity index (χ0n) is 18.1. The zero-order chi connectivity index (χ0) is 22.6. The first kappa shape index (κ1) is 23.3. The summed E-state index contributed by atoms with van der Waals surface area (Å²) in [6.07, 6.45) is 10.6. The summed E-state index contributed by atoms with van der Waals surface area (Å²) in [4.78, 5) is 12.8. The number of pyridine rings is 1. The summed E-state index contributed by atoms with van der Waals surface area (Å²) in [5, 5.41) is 14.4. The van der Waals surface area contributed by atoms with Crippen LogP contribution >= 0.6 is 0 Å². The van der Waals surface area contributed by atoms with Crippen molar-refractivity contribution in [2.75, 3.05) is 17.3 Å². The molecule has 1 aromatic rings. The van der Waals surface area contributed by atoms with Crippen molar-refractivity contribution in [3.8, 4) is 0 Å². The van der Waals surface area contributed by atoms with E-state index in [1.165, 1.54) is 25.0 Å². The van der Waals surface area contributed by atoms with Crippen LogP contribution in [0.1, 0.15) is 69.4 Å². The fourth-order valence-electron chi connectivity index (χ4n) is 4.72. The van der Waals surface area contributed by atoms with E-state index in [1.54, 1.807) is 4.57 Å². The van der Waals surface area contributed by atoms with Crippen molar-refractivity contribution < 1.29 is 8.42 Å². The van der Waals surface area contributed by atoms with Crippen LogP contribution in [0.5, 0.6) is 0 Å². The number of nitrogen functional groups attached to an aromatic ring is 1. The van der Waals surface area contributed by atoms with Gasteiger partial charge in [-0.1, -0.05) is 25.8 Å². The number of anilines is 2. The monoisotopic (exact) mass is 450 g/mol. The van der Waals surface area contributed by atoms with Gasteiger partial charge in [-0.25, -0.2) is 13.1 Å². The molecule has 0 amide bonds. The summed E-state index contributed by atoms with van der Waals surface area (Å²) >= 11 is 0. The number of sulfonamides is 1. The van der Waals surface area contributed by atoms with E-state index < -0.39 is 10.0 Å². The summed E-state index contributed by atoms with van der Waals surface area (Å²) in [7, 11) is -3.20. The lowest BCUT2D eigenvalue weighted by Crippen LogP contribution is -2.42. The van der Waals surface area contributed by atoms with E-state index in [-0.39, 0.29) is 29.4 Å². The Morgan fingerprint density at radius 3 is 2.35 bits per heavy atom. The lowest BCUT2D eigenvalue weighted by molar-refractivity contribution is 0.343. The zero-order valence-corrected chi connectivity index (χ0v) is 18.9. The molecule has 2 fully saturated rings. The van der Waals surface area contributed by atoms with Gasteiger partial charge in [0.25, 0.3) is 5.56 Å². The van der Waals surface area contributed by atoms with Gasteiger partial charge in [-0.05, 0) is 38.5 Å². The van der Waals surface area contributed by atoms with E-state index in [1.807, 2.05) is 0 Å². The highest BCUT2D eigenvalue weighted by Crippen LogP contribution is 2.32. The first-order valence-electron chi connectivity index (χ1n) is 10.9. The molecule has 0 spiro atoms. The van der Waals surface area contributed by atoms with Crippen LogP contribution < -0.4 is 26.6 Å². The average Bonchev–Trinajstić information content (AvgIpc) is 2.69. The number of hydrogen-bond acceptors (Lipinski definition) is 7. The Bertz CT molecular complexity index is 974. The van der Waals surface area contributed by atoms with Crippen LogP contribution in [0.2, 0.25) is 0 Å². The molecule has 0 saturated heterocycles. The molecule has 172 valence electrons. The van der Waals surface area contributed by atoms with Gasteiger partial charge in [-0.15, -0.1) is 0 Å². The molecule has 6 N–H and O–H groups in total. The SMILES string of the molecule is C=C(Nc1c(C=N)c(N)cc(=O)n1C1CCCCC1)NC1CCC(NS(C)(=O)=O)CC1. The average molecular weight is 451 g/mol. The number of nitrogens with zero attached hydrogens (tertiary/aromatic N) is 1. The van der Waals surface area contributed by atoms with Crippen molar-refractivity contribution in [1.29, 1.82) is 5.41 Å². The number of hydrogen-bond donors (Lipinski definition) is 5. The Hall–Kier alpha value is -2.33. The van der Waals surface area contributed by atoms with E-state index >= 15 is 0 Å². The molecule has 0 bridgehead atoms. The Balaban J connectivity index is 1.72. The number of nitrogens with two attached hydrogens (primary N) is 1. The van der Waals surface area contributed by atoms with E-state index in [0.717, 1.165) is 51.4 Å². The van der Waals surface area contributed by atoms with Crippen LogP contribution in [-0.4, -0.2) is 37.5 Å². The van der Waals surface area contributed by atoms with Gasteiger partial charge in [-0.3, -0.25) is 9.36 Å². The van der Waals surface area contributed by atoms with Gasteiger partial charge < -0.3 is 21.8 Å². The second kappa shape index (κ2) is 9.86. The third-order valence-corrected chi connectivity index (χ3v) is 6.92. The second-order valence-corrected chi connectivity index (χ2v) is 10.5. The van der Waals surface area contributed by atoms with Crippen molar-refractivity contribution in [2.24, 2.45) is 0 Å². The molecule has 9 nitrogen and oxygen atoms in total. The van der Waals surface area contributed by atoms with Crippen molar-refractivity contribution in [3.05, 3.63) is 34.4 Å². The predicted octanol–water partition coefficient (Wildman–Crippen LogP) is 2.27. The highest BCUT2D eigenvalue weighted by atomic mass is 32.2. The quantitative estimate of drug-likeness (QED) is 0.385. The molecule has 10 heteroatoms. The van der Waals surface area contributed by atoms with Gasteiger partial charge >= 0.3 is 0 Å². The molecule has 3 rings (SSSR count). The minimum Gasteiger partial charge on any atom is -0.398 e. The topological polar surface area (TPSA) is 142 Å². The van der Waals surface area contributed by atoms with Crippen molar-refractivity contribution in [3.63, 3.8) is 0 Å². The minimum absolute atomic E-state index is 0.0378. The number of aromatic nitrogens is 1. The minimum atomic E-state index is -3.20. The molecule has 0 aromatic carbocycles.